The van der Waals surface area contributed by atoms with E-state index in [2.05, 4.69) is 28.8 Å². The van der Waals surface area contributed by atoms with Crippen LogP contribution in [0.5, 0.6) is 0 Å². The molecule has 1 atom stereocenters. The summed E-state index contributed by atoms with van der Waals surface area (Å²) in [5.74, 6) is 0.416. The fraction of sp³-hybridized carbons (Fsp3) is 0.550. The van der Waals surface area contributed by atoms with E-state index in [1.54, 1.807) is 6.33 Å². The maximum atomic E-state index is 5.67. The third kappa shape index (κ3) is 4.15. The number of rotatable bonds is 10. The number of fused-ring (bicyclic) bond motifs is 3. The average Bonchev–Trinajstić information content (AvgIpc) is 3.14. The van der Waals surface area contributed by atoms with Crippen molar-refractivity contribution in [1.29, 1.82) is 0 Å². The molecule has 3 rings (SSSR count). The Kier molecular flexibility index (Phi) is 6.34. The monoisotopic (exact) mass is 340 g/mol. The molecule has 0 spiro atoms. The summed E-state index contributed by atoms with van der Waals surface area (Å²) >= 11 is 0. The zero-order valence-electron chi connectivity index (χ0n) is 15.3. The van der Waals surface area contributed by atoms with E-state index >= 15 is 0 Å². The number of hydrogen-bond donors (Lipinski definition) is 1. The van der Waals surface area contributed by atoms with E-state index in [4.69, 9.17) is 9.72 Å². The summed E-state index contributed by atoms with van der Waals surface area (Å²) in [6, 6.07) is 4.02. The van der Waals surface area contributed by atoms with Gasteiger partial charge < -0.3 is 9.72 Å². The van der Waals surface area contributed by atoms with Crippen molar-refractivity contribution in [1.82, 2.24) is 19.9 Å². The minimum atomic E-state index is 0.416. The lowest BCUT2D eigenvalue weighted by atomic mass is 9.94. The van der Waals surface area contributed by atoms with Crippen LogP contribution in [0.25, 0.3) is 22.1 Å². The molecule has 0 aliphatic heterocycles. The Morgan fingerprint density at radius 3 is 2.76 bits per heavy atom. The van der Waals surface area contributed by atoms with E-state index in [1.165, 1.54) is 6.42 Å². The molecule has 3 aromatic rings. The maximum absolute atomic E-state index is 5.67. The smallest absolute Gasteiger partial charge is 0.118 e. The molecule has 0 radical (unpaired) electrons. The van der Waals surface area contributed by atoms with E-state index in [0.29, 0.717) is 5.92 Å². The van der Waals surface area contributed by atoms with Crippen LogP contribution in [0, 0.1) is 0 Å². The molecule has 0 aromatic carbocycles. The molecule has 0 fully saturated rings. The van der Waals surface area contributed by atoms with Crippen molar-refractivity contribution in [3.05, 3.63) is 30.4 Å². The third-order valence-corrected chi connectivity index (χ3v) is 4.77. The number of imidazole rings is 1. The van der Waals surface area contributed by atoms with Crippen molar-refractivity contribution in [2.24, 2.45) is 0 Å². The molecule has 3 heterocycles. The second-order valence-corrected chi connectivity index (χ2v) is 6.57. The van der Waals surface area contributed by atoms with Crippen LogP contribution in [0.1, 0.15) is 64.0 Å². The molecule has 3 aromatic heterocycles. The number of unbranched alkanes of at least 4 members (excludes halogenated alkanes) is 2. The molecule has 134 valence electrons. The number of H-pyrrole nitrogens is 1. The second kappa shape index (κ2) is 8.90. The minimum Gasteiger partial charge on any atom is -0.381 e. The van der Waals surface area contributed by atoms with Crippen LogP contribution in [0.3, 0.4) is 0 Å². The van der Waals surface area contributed by atoms with E-state index in [9.17, 15) is 0 Å². The number of pyridine rings is 2. The standard InChI is InChI=1S/C20H28N4O/c1-3-5-12-25-13-7-6-9-15(4-2)17-19-20(23-14-22-19)18-16(24-17)10-8-11-21-18/h8,10-11,14-15,21H,3-7,9,12-13H2,1-2H3. The highest BCUT2D eigenvalue weighted by Gasteiger charge is 2.18. The van der Waals surface area contributed by atoms with Crippen molar-refractivity contribution in [3.8, 4) is 0 Å². The van der Waals surface area contributed by atoms with Crippen LogP contribution in [-0.4, -0.2) is 33.1 Å². The van der Waals surface area contributed by atoms with Crippen LogP contribution in [0.15, 0.2) is 24.7 Å². The molecule has 0 bridgehead atoms. The van der Waals surface area contributed by atoms with Gasteiger partial charge in [-0.05, 0) is 37.8 Å². The summed E-state index contributed by atoms with van der Waals surface area (Å²) < 4.78 is 5.67. The van der Waals surface area contributed by atoms with E-state index < -0.39 is 0 Å². The molecule has 1 unspecified atom stereocenters. The van der Waals surface area contributed by atoms with Gasteiger partial charge in [0.1, 0.15) is 17.4 Å². The first-order valence-corrected chi connectivity index (χ1v) is 9.50. The van der Waals surface area contributed by atoms with Crippen LogP contribution in [0.4, 0.5) is 0 Å². The first kappa shape index (κ1) is 17.8. The molecule has 0 saturated heterocycles. The Hall–Kier alpha value is -2.01. The molecular weight excluding hydrogens is 312 g/mol. The summed E-state index contributed by atoms with van der Waals surface area (Å²) in [6.45, 7) is 6.17. The van der Waals surface area contributed by atoms with Crippen molar-refractivity contribution in [2.75, 3.05) is 13.2 Å². The van der Waals surface area contributed by atoms with Gasteiger partial charge in [-0.1, -0.05) is 26.7 Å². The average molecular weight is 340 g/mol. The van der Waals surface area contributed by atoms with Crippen molar-refractivity contribution in [3.63, 3.8) is 0 Å². The molecule has 1 N–H and O–H groups in total. The number of aromatic nitrogens is 4. The Morgan fingerprint density at radius 2 is 1.92 bits per heavy atom. The quantitative estimate of drug-likeness (QED) is 0.528. The van der Waals surface area contributed by atoms with Gasteiger partial charge >= 0.3 is 0 Å². The second-order valence-electron chi connectivity index (χ2n) is 6.57. The molecule has 0 amide bonds. The first-order chi connectivity index (χ1) is 12.3. The van der Waals surface area contributed by atoms with Gasteiger partial charge in [0.15, 0.2) is 0 Å². The van der Waals surface area contributed by atoms with Gasteiger partial charge in [0, 0.05) is 25.3 Å². The highest BCUT2D eigenvalue weighted by Crippen LogP contribution is 2.31. The van der Waals surface area contributed by atoms with Gasteiger partial charge in [-0.15, -0.1) is 0 Å². The number of ether oxygens (including phenoxy) is 1. The SMILES string of the molecule is CCCCOCCCCC(CC)c1nc2ccc[nH]c2c2ncnc12. The Morgan fingerprint density at radius 1 is 1.08 bits per heavy atom. The van der Waals surface area contributed by atoms with E-state index in [0.717, 1.165) is 73.1 Å². The third-order valence-electron chi connectivity index (χ3n) is 4.77. The summed E-state index contributed by atoms with van der Waals surface area (Å²) in [4.78, 5) is 17.1. The van der Waals surface area contributed by atoms with Gasteiger partial charge in [-0.2, -0.15) is 0 Å². The molecule has 5 heteroatoms. The fourth-order valence-electron chi connectivity index (χ4n) is 3.29. The lowest BCUT2D eigenvalue weighted by Gasteiger charge is -2.16. The summed E-state index contributed by atoms with van der Waals surface area (Å²) in [5.41, 5.74) is 4.90. The molecule has 25 heavy (non-hydrogen) atoms. The zero-order chi connectivity index (χ0) is 17.5. The van der Waals surface area contributed by atoms with Gasteiger partial charge in [0.25, 0.3) is 0 Å². The highest BCUT2D eigenvalue weighted by atomic mass is 16.5. The van der Waals surface area contributed by atoms with Crippen molar-refractivity contribution < 1.29 is 4.74 Å². The van der Waals surface area contributed by atoms with Crippen LogP contribution >= 0.6 is 0 Å². The van der Waals surface area contributed by atoms with Gasteiger partial charge in [0.2, 0.25) is 0 Å². The van der Waals surface area contributed by atoms with E-state index in [-0.39, 0.29) is 0 Å². The normalized spacial score (nSPS) is 12.9. The summed E-state index contributed by atoms with van der Waals surface area (Å²) in [5, 5.41) is 0. The Balaban J connectivity index is 1.70. The van der Waals surface area contributed by atoms with Gasteiger partial charge in [-0.3, -0.25) is 0 Å². The fourth-order valence-corrected chi connectivity index (χ4v) is 3.29. The lowest BCUT2D eigenvalue weighted by Crippen LogP contribution is -2.04. The van der Waals surface area contributed by atoms with Crippen LogP contribution in [-0.2, 0) is 4.74 Å². The number of hydrogen-bond acceptors (Lipinski definition) is 4. The molecule has 0 aliphatic rings. The summed E-state index contributed by atoms with van der Waals surface area (Å²) in [7, 11) is 0. The highest BCUT2D eigenvalue weighted by molar-refractivity contribution is 6.00. The van der Waals surface area contributed by atoms with Gasteiger partial charge in [-0.25, -0.2) is 15.0 Å². The van der Waals surface area contributed by atoms with Crippen molar-refractivity contribution >= 4 is 22.1 Å². The number of nitrogens with one attached hydrogen (secondary N) is 1. The van der Waals surface area contributed by atoms with E-state index in [1.807, 2.05) is 18.3 Å². The minimum absolute atomic E-state index is 0.416. The Labute approximate surface area is 149 Å². The Bertz CT molecular complexity index is 799. The molecular formula is C20H28N4O. The van der Waals surface area contributed by atoms with Crippen molar-refractivity contribution in [2.45, 2.75) is 58.3 Å². The zero-order valence-corrected chi connectivity index (χ0v) is 15.3. The molecule has 5 nitrogen and oxygen atoms in total. The van der Waals surface area contributed by atoms with Crippen LogP contribution < -0.4 is 0 Å². The molecule has 0 aliphatic carbocycles. The maximum Gasteiger partial charge on any atom is 0.118 e. The topological polar surface area (TPSA) is 63.7 Å². The summed E-state index contributed by atoms with van der Waals surface area (Å²) in [6.07, 6.45) is 10.3. The van der Waals surface area contributed by atoms with Crippen LogP contribution in [0.2, 0.25) is 0 Å². The largest absolute Gasteiger partial charge is 0.381 e. The number of aromatic amines is 1. The number of nitrogens with zero attached hydrogens (tertiary/aromatic N) is 3. The lowest BCUT2D eigenvalue weighted by molar-refractivity contribution is 0.126. The molecule has 0 saturated carbocycles. The van der Waals surface area contributed by atoms with Gasteiger partial charge in [0.05, 0.1) is 16.7 Å². The predicted octanol–water partition coefficient (Wildman–Crippen LogP) is 4.99. The predicted molar refractivity (Wildman–Crippen MR) is 102 cm³/mol. The first-order valence-electron chi connectivity index (χ1n) is 9.50.